The summed E-state index contributed by atoms with van der Waals surface area (Å²) in [5.74, 6) is 1.79. The Morgan fingerprint density at radius 2 is 2.12 bits per heavy atom. The van der Waals surface area contributed by atoms with Gasteiger partial charge in [0.25, 0.3) is 0 Å². The monoisotopic (exact) mass is 237 g/mol. The summed E-state index contributed by atoms with van der Waals surface area (Å²) in [5, 5.41) is 5.95. The maximum Gasteiger partial charge on any atom is 0.0388 e. The van der Waals surface area contributed by atoms with Gasteiger partial charge in [-0.3, -0.25) is 0 Å². The Kier molecular flexibility index (Phi) is 4.04. The van der Waals surface area contributed by atoms with Gasteiger partial charge in [-0.25, -0.2) is 0 Å². The van der Waals surface area contributed by atoms with E-state index < -0.39 is 0 Å². The van der Waals surface area contributed by atoms with Gasteiger partial charge in [0.15, 0.2) is 0 Å². The fourth-order valence-electron chi connectivity index (χ4n) is 2.67. The summed E-state index contributed by atoms with van der Waals surface area (Å²) in [6, 6.07) is 5.62. The molecule has 0 aromatic carbocycles. The van der Waals surface area contributed by atoms with Crippen LogP contribution in [0.1, 0.15) is 51.0 Å². The smallest absolute Gasteiger partial charge is 0.0388 e. The molecule has 1 fully saturated rings. The van der Waals surface area contributed by atoms with E-state index >= 15 is 0 Å². The van der Waals surface area contributed by atoms with Crippen molar-refractivity contribution >= 4 is 11.3 Å². The lowest BCUT2D eigenvalue weighted by Gasteiger charge is -2.34. The highest BCUT2D eigenvalue weighted by atomic mass is 32.1. The Morgan fingerprint density at radius 1 is 1.31 bits per heavy atom. The summed E-state index contributed by atoms with van der Waals surface area (Å²) >= 11 is 1.86. The molecule has 4 unspecified atom stereocenters. The summed E-state index contributed by atoms with van der Waals surface area (Å²) in [6.45, 7) is 7.08. The minimum absolute atomic E-state index is 0.519. The Labute approximate surface area is 103 Å². The summed E-state index contributed by atoms with van der Waals surface area (Å²) in [5.41, 5.74) is 0. The molecule has 16 heavy (non-hydrogen) atoms. The van der Waals surface area contributed by atoms with Crippen LogP contribution in [0.2, 0.25) is 0 Å². The molecule has 0 amide bonds. The molecular formula is C14H23NS. The van der Waals surface area contributed by atoms with Crippen molar-refractivity contribution in [3.05, 3.63) is 22.4 Å². The largest absolute Gasteiger partial charge is 0.307 e. The van der Waals surface area contributed by atoms with E-state index in [0.29, 0.717) is 6.04 Å². The second kappa shape index (κ2) is 5.33. The van der Waals surface area contributed by atoms with Crippen molar-refractivity contribution in [1.82, 2.24) is 5.32 Å². The van der Waals surface area contributed by atoms with Gasteiger partial charge in [0.1, 0.15) is 0 Å². The van der Waals surface area contributed by atoms with Crippen molar-refractivity contribution < 1.29 is 0 Å². The van der Waals surface area contributed by atoms with Crippen molar-refractivity contribution in [3.8, 4) is 0 Å². The Hall–Kier alpha value is -0.340. The van der Waals surface area contributed by atoms with Crippen LogP contribution in [-0.4, -0.2) is 6.04 Å². The normalized spacial score (nSPS) is 32.6. The molecule has 1 nitrogen and oxygen atoms in total. The van der Waals surface area contributed by atoms with Crippen molar-refractivity contribution in [2.45, 2.75) is 52.1 Å². The predicted molar refractivity (Wildman–Crippen MR) is 71.8 cm³/mol. The third-order valence-electron chi connectivity index (χ3n) is 4.05. The first kappa shape index (κ1) is 12.1. The third-order valence-corrected chi connectivity index (χ3v) is 5.11. The van der Waals surface area contributed by atoms with Crippen LogP contribution in [0, 0.1) is 11.8 Å². The molecule has 2 rings (SSSR count). The SMILES string of the molecule is CC(NC1CCC(C)C(C)C1)c1cccs1. The fraction of sp³-hybridized carbons (Fsp3) is 0.714. The van der Waals surface area contributed by atoms with Gasteiger partial charge in [-0.1, -0.05) is 19.9 Å². The number of hydrogen-bond donors (Lipinski definition) is 1. The highest BCUT2D eigenvalue weighted by Crippen LogP contribution is 2.31. The molecular weight excluding hydrogens is 214 g/mol. The molecule has 4 atom stereocenters. The molecule has 1 aliphatic rings. The van der Waals surface area contributed by atoms with Crippen LogP contribution in [0.25, 0.3) is 0 Å². The van der Waals surface area contributed by atoms with Crippen molar-refractivity contribution in [2.75, 3.05) is 0 Å². The van der Waals surface area contributed by atoms with Gasteiger partial charge in [0.2, 0.25) is 0 Å². The molecule has 1 aliphatic carbocycles. The molecule has 0 spiro atoms. The van der Waals surface area contributed by atoms with E-state index in [9.17, 15) is 0 Å². The number of rotatable bonds is 3. The van der Waals surface area contributed by atoms with Crippen LogP contribution < -0.4 is 5.32 Å². The first-order valence-corrected chi connectivity index (χ1v) is 7.34. The second-order valence-electron chi connectivity index (χ2n) is 5.37. The maximum atomic E-state index is 3.78. The predicted octanol–water partition coefficient (Wildman–Crippen LogP) is 4.22. The average Bonchev–Trinajstić information content (AvgIpc) is 2.77. The standard InChI is InChI=1S/C14H23NS/c1-10-6-7-13(9-11(10)2)15-12(3)14-5-4-8-16-14/h4-5,8,10-13,15H,6-7,9H2,1-3H3. The second-order valence-corrected chi connectivity index (χ2v) is 6.35. The van der Waals surface area contributed by atoms with Crippen LogP contribution in [0.3, 0.4) is 0 Å². The summed E-state index contributed by atoms with van der Waals surface area (Å²) in [7, 11) is 0. The fourth-order valence-corrected chi connectivity index (χ4v) is 3.42. The number of thiophene rings is 1. The zero-order valence-corrected chi connectivity index (χ0v) is 11.4. The highest BCUT2D eigenvalue weighted by Gasteiger charge is 2.25. The molecule has 0 bridgehead atoms. The molecule has 0 aliphatic heterocycles. The van der Waals surface area contributed by atoms with E-state index in [1.807, 2.05) is 11.3 Å². The number of nitrogens with one attached hydrogen (secondary N) is 1. The zero-order chi connectivity index (χ0) is 11.5. The van der Waals surface area contributed by atoms with Crippen molar-refractivity contribution in [1.29, 1.82) is 0 Å². The summed E-state index contributed by atoms with van der Waals surface area (Å²) < 4.78 is 0. The molecule has 1 saturated carbocycles. The topological polar surface area (TPSA) is 12.0 Å². The van der Waals surface area contributed by atoms with Gasteiger partial charge in [-0.15, -0.1) is 11.3 Å². The lowest BCUT2D eigenvalue weighted by molar-refractivity contribution is 0.218. The maximum absolute atomic E-state index is 3.78. The lowest BCUT2D eigenvalue weighted by atomic mass is 9.79. The summed E-state index contributed by atoms with van der Waals surface area (Å²) in [6.07, 6.45) is 4.08. The number of hydrogen-bond acceptors (Lipinski definition) is 2. The Morgan fingerprint density at radius 3 is 2.75 bits per heavy atom. The average molecular weight is 237 g/mol. The van der Waals surface area contributed by atoms with Crippen LogP contribution in [0.5, 0.6) is 0 Å². The van der Waals surface area contributed by atoms with Gasteiger partial charge in [0, 0.05) is 17.0 Å². The Bertz CT molecular complexity index is 307. The van der Waals surface area contributed by atoms with Crippen molar-refractivity contribution in [2.24, 2.45) is 11.8 Å². The van der Waals surface area contributed by atoms with E-state index in [2.05, 4.69) is 43.6 Å². The summed E-state index contributed by atoms with van der Waals surface area (Å²) in [4.78, 5) is 1.46. The molecule has 1 aromatic heterocycles. The molecule has 2 heteroatoms. The van der Waals surface area contributed by atoms with Gasteiger partial charge in [0.05, 0.1) is 0 Å². The molecule has 0 saturated heterocycles. The highest BCUT2D eigenvalue weighted by molar-refractivity contribution is 7.10. The van der Waals surface area contributed by atoms with E-state index in [-0.39, 0.29) is 0 Å². The van der Waals surface area contributed by atoms with Crippen LogP contribution >= 0.6 is 11.3 Å². The van der Waals surface area contributed by atoms with E-state index in [1.165, 1.54) is 24.1 Å². The molecule has 0 radical (unpaired) electrons. The quantitative estimate of drug-likeness (QED) is 0.830. The molecule has 1 aromatic rings. The molecule has 1 heterocycles. The molecule has 1 N–H and O–H groups in total. The first-order valence-electron chi connectivity index (χ1n) is 6.46. The minimum atomic E-state index is 0.519. The van der Waals surface area contributed by atoms with Gasteiger partial charge < -0.3 is 5.32 Å². The van der Waals surface area contributed by atoms with Crippen LogP contribution in [-0.2, 0) is 0 Å². The van der Waals surface area contributed by atoms with Crippen molar-refractivity contribution in [3.63, 3.8) is 0 Å². The van der Waals surface area contributed by atoms with E-state index in [1.54, 1.807) is 0 Å². The zero-order valence-electron chi connectivity index (χ0n) is 10.6. The van der Waals surface area contributed by atoms with Crippen LogP contribution in [0.4, 0.5) is 0 Å². The first-order chi connectivity index (χ1) is 7.66. The van der Waals surface area contributed by atoms with E-state index in [0.717, 1.165) is 17.9 Å². The lowest BCUT2D eigenvalue weighted by Crippen LogP contribution is -2.37. The van der Waals surface area contributed by atoms with Crippen LogP contribution in [0.15, 0.2) is 17.5 Å². The van der Waals surface area contributed by atoms with Gasteiger partial charge in [-0.2, -0.15) is 0 Å². The molecule has 90 valence electrons. The van der Waals surface area contributed by atoms with E-state index in [4.69, 9.17) is 0 Å². The Balaban J connectivity index is 1.86. The minimum Gasteiger partial charge on any atom is -0.307 e. The van der Waals surface area contributed by atoms with Gasteiger partial charge >= 0.3 is 0 Å². The van der Waals surface area contributed by atoms with Gasteiger partial charge in [-0.05, 0) is 49.5 Å². The third kappa shape index (κ3) is 2.86.